The Morgan fingerprint density at radius 2 is 1.77 bits per heavy atom. The average molecular weight is 351 g/mol. The fourth-order valence-corrected chi connectivity index (χ4v) is 2.90. The summed E-state index contributed by atoms with van der Waals surface area (Å²) in [7, 11) is 0. The fraction of sp³-hybridized carbons (Fsp3) is 0.286. The van der Waals surface area contributed by atoms with Crippen molar-refractivity contribution < 1.29 is 19.1 Å². The van der Waals surface area contributed by atoms with Crippen LogP contribution in [0, 0.1) is 0 Å². The first-order chi connectivity index (χ1) is 12.5. The van der Waals surface area contributed by atoms with Gasteiger partial charge in [0.05, 0.1) is 6.42 Å². The molecule has 0 unspecified atom stereocenters. The molecule has 0 aliphatic carbocycles. The standard InChI is InChI=1S/C21H21NO4/c1-14(2)16-9-7-15(8-10-16)13-26-20(24)12-22-19(23)11-17-5-3-4-6-18(17)21(22)25/h3-10,14H,11-13H2,1-2H3. The van der Waals surface area contributed by atoms with E-state index in [1.165, 1.54) is 5.56 Å². The number of hydrogen-bond acceptors (Lipinski definition) is 4. The van der Waals surface area contributed by atoms with E-state index in [1.54, 1.807) is 24.3 Å². The lowest BCUT2D eigenvalue weighted by molar-refractivity contribution is -0.149. The van der Waals surface area contributed by atoms with Crippen molar-refractivity contribution in [1.29, 1.82) is 0 Å². The van der Waals surface area contributed by atoms with Crippen molar-refractivity contribution in [2.75, 3.05) is 6.54 Å². The van der Waals surface area contributed by atoms with Gasteiger partial charge in [0, 0.05) is 5.56 Å². The number of rotatable bonds is 5. The van der Waals surface area contributed by atoms with Gasteiger partial charge in [-0.2, -0.15) is 0 Å². The number of imide groups is 1. The molecule has 0 radical (unpaired) electrons. The van der Waals surface area contributed by atoms with Gasteiger partial charge in [-0.3, -0.25) is 19.3 Å². The van der Waals surface area contributed by atoms with Crippen molar-refractivity contribution in [2.45, 2.75) is 32.8 Å². The number of fused-ring (bicyclic) bond motifs is 1. The zero-order valence-corrected chi connectivity index (χ0v) is 14.9. The number of carbonyl (C=O) groups excluding carboxylic acids is 3. The van der Waals surface area contributed by atoms with Crippen LogP contribution in [0.15, 0.2) is 48.5 Å². The van der Waals surface area contributed by atoms with E-state index < -0.39 is 11.9 Å². The monoisotopic (exact) mass is 351 g/mol. The molecular weight excluding hydrogens is 330 g/mol. The molecule has 1 aliphatic heterocycles. The zero-order chi connectivity index (χ0) is 18.7. The Morgan fingerprint density at radius 3 is 2.46 bits per heavy atom. The highest BCUT2D eigenvalue weighted by Crippen LogP contribution is 2.20. The normalized spacial score (nSPS) is 13.7. The Bertz CT molecular complexity index is 839. The molecule has 1 heterocycles. The van der Waals surface area contributed by atoms with Crippen LogP contribution in [0.3, 0.4) is 0 Å². The molecule has 2 aromatic rings. The van der Waals surface area contributed by atoms with Crippen LogP contribution >= 0.6 is 0 Å². The molecule has 0 spiro atoms. The highest BCUT2D eigenvalue weighted by Gasteiger charge is 2.32. The second-order valence-electron chi connectivity index (χ2n) is 6.68. The van der Waals surface area contributed by atoms with E-state index in [4.69, 9.17) is 4.74 Å². The Labute approximate surface area is 152 Å². The van der Waals surface area contributed by atoms with E-state index in [2.05, 4.69) is 13.8 Å². The number of ether oxygens (including phenoxy) is 1. The molecule has 0 aromatic heterocycles. The molecule has 26 heavy (non-hydrogen) atoms. The first-order valence-electron chi connectivity index (χ1n) is 8.62. The molecule has 5 heteroatoms. The molecule has 0 saturated heterocycles. The van der Waals surface area contributed by atoms with Crippen molar-refractivity contribution in [3.05, 3.63) is 70.8 Å². The van der Waals surface area contributed by atoms with Gasteiger partial charge in [0.25, 0.3) is 5.91 Å². The van der Waals surface area contributed by atoms with Crippen LogP contribution in [-0.4, -0.2) is 29.2 Å². The molecule has 134 valence electrons. The second-order valence-corrected chi connectivity index (χ2v) is 6.68. The Kier molecular flexibility index (Phi) is 5.16. The zero-order valence-electron chi connectivity index (χ0n) is 14.9. The van der Waals surface area contributed by atoms with Crippen LogP contribution in [0.25, 0.3) is 0 Å². The number of hydrogen-bond donors (Lipinski definition) is 0. The maximum Gasteiger partial charge on any atom is 0.326 e. The van der Waals surface area contributed by atoms with Crippen molar-refractivity contribution in [2.24, 2.45) is 0 Å². The highest BCUT2D eigenvalue weighted by molar-refractivity contribution is 6.11. The lowest BCUT2D eigenvalue weighted by atomic mass is 9.98. The number of carbonyl (C=O) groups is 3. The maximum atomic E-state index is 12.4. The maximum absolute atomic E-state index is 12.4. The predicted molar refractivity (Wildman–Crippen MR) is 96.5 cm³/mol. The van der Waals surface area contributed by atoms with Gasteiger partial charge < -0.3 is 4.74 Å². The van der Waals surface area contributed by atoms with E-state index in [0.717, 1.165) is 10.5 Å². The summed E-state index contributed by atoms with van der Waals surface area (Å²) < 4.78 is 5.23. The third-order valence-electron chi connectivity index (χ3n) is 4.47. The molecule has 5 nitrogen and oxygen atoms in total. The van der Waals surface area contributed by atoms with E-state index in [-0.39, 0.29) is 25.5 Å². The van der Waals surface area contributed by atoms with Crippen LogP contribution < -0.4 is 0 Å². The van der Waals surface area contributed by atoms with Crippen molar-refractivity contribution in [1.82, 2.24) is 4.90 Å². The van der Waals surface area contributed by atoms with E-state index in [9.17, 15) is 14.4 Å². The summed E-state index contributed by atoms with van der Waals surface area (Å²) in [6, 6.07) is 14.8. The molecule has 2 aromatic carbocycles. The van der Waals surface area contributed by atoms with E-state index in [1.807, 2.05) is 24.3 Å². The van der Waals surface area contributed by atoms with Crippen molar-refractivity contribution in [3.63, 3.8) is 0 Å². The second kappa shape index (κ2) is 7.52. The Balaban J connectivity index is 1.59. The lowest BCUT2D eigenvalue weighted by Gasteiger charge is -2.25. The fourth-order valence-electron chi connectivity index (χ4n) is 2.90. The van der Waals surface area contributed by atoms with Crippen LogP contribution in [0.2, 0.25) is 0 Å². The molecular formula is C21H21NO4. The van der Waals surface area contributed by atoms with Gasteiger partial charge in [0.15, 0.2) is 0 Å². The molecule has 0 saturated carbocycles. The molecule has 0 bridgehead atoms. The van der Waals surface area contributed by atoms with Gasteiger partial charge in [0.2, 0.25) is 5.91 Å². The van der Waals surface area contributed by atoms with Gasteiger partial charge in [-0.1, -0.05) is 56.3 Å². The van der Waals surface area contributed by atoms with Gasteiger partial charge in [-0.15, -0.1) is 0 Å². The summed E-state index contributed by atoms with van der Waals surface area (Å²) in [5.74, 6) is -0.994. The number of esters is 1. The molecule has 2 amide bonds. The van der Waals surface area contributed by atoms with Crippen molar-refractivity contribution in [3.8, 4) is 0 Å². The van der Waals surface area contributed by atoms with Gasteiger partial charge in [-0.25, -0.2) is 0 Å². The lowest BCUT2D eigenvalue weighted by Crippen LogP contribution is -2.45. The van der Waals surface area contributed by atoms with Crippen LogP contribution in [0.5, 0.6) is 0 Å². The number of amides is 2. The molecule has 3 rings (SSSR count). The Morgan fingerprint density at radius 1 is 1.08 bits per heavy atom. The summed E-state index contributed by atoms with van der Waals surface area (Å²) in [5.41, 5.74) is 3.23. The molecule has 1 aliphatic rings. The van der Waals surface area contributed by atoms with Gasteiger partial charge in [-0.05, 0) is 28.7 Å². The third-order valence-corrected chi connectivity index (χ3v) is 4.47. The van der Waals surface area contributed by atoms with Gasteiger partial charge >= 0.3 is 5.97 Å². The minimum atomic E-state index is -0.598. The van der Waals surface area contributed by atoms with Crippen LogP contribution in [0.1, 0.15) is 46.8 Å². The quantitative estimate of drug-likeness (QED) is 0.613. The summed E-state index contributed by atoms with van der Waals surface area (Å²) in [4.78, 5) is 37.7. The summed E-state index contributed by atoms with van der Waals surface area (Å²) in [6.45, 7) is 3.97. The summed E-state index contributed by atoms with van der Waals surface area (Å²) in [5, 5.41) is 0. The smallest absolute Gasteiger partial charge is 0.326 e. The predicted octanol–water partition coefficient (Wildman–Crippen LogP) is 3.08. The first-order valence-corrected chi connectivity index (χ1v) is 8.62. The first kappa shape index (κ1) is 17.9. The number of nitrogens with zero attached hydrogens (tertiary/aromatic N) is 1. The largest absolute Gasteiger partial charge is 0.459 e. The highest BCUT2D eigenvalue weighted by atomic mass is 16.5. The van der Waals surface area contributed by atoms with E-state index >= 15 is 0 Å². The Hall–Kier alpha value is -2.95. The van der Waals surface area contributed by atoms with E-state index in [0.29, 0.717) is 17.0 Å². The average Bonchev–Trinajstić information content (AvgIpc) is 2.64. The van der Waals surface area contributed by atoms with Gasteiger partial charge in [0.1, 0.15) is 13.2 Å². The SMILES string of the molecule is CC(C)c1ccc(COC(=O)CN2C(=O)Cc3ccccc3C2=O)cc1. The minimum Gasteiger partial charge on any atom is -0.459 e. The molecule has 0 fully saturated rings. The van der Waals surface area contributed by atoms with Crippen molar-refractivity contribution >= 4 is 17.8 Å². The summed E-state index contributed by atoms with van der Waals surface area (Å²) >= 11 is 0. The van der Waals surface area contributed by atoms with Crippen LogP contribution in [0.4, 0.5) is 0 Å². The summed E-state index contributed by atoms with van der Waals surface area (Å²) in [6.07, 6.45) is 0.117. The van der Waals surface area contributed by atoms with Crippen LogP contribution in [-0.2, 0) is 27.4 Å². The number of benzene rings is 2. The molecule has 0 atom stereocenters. The molecule has 0 N–H and O–H groups in total. The minimum absolute atomic E-state index is 0.115. The third kappa shape index (κ3) is 3.82. The topological polar surface area (TPSA) is 63.7 Å².